The van der Waals surface area contributed by atoms with E-state index in [1.165, 1.54) is 6.20 Å². The normalized spacial score (nSPS) is 10.7. The monoisotopic (exact) mass is 509 g/mol. The molecule has 0 fully saturated rings. The number of anilines is 1. The maximum atomic E-state index is 12.9. The quantitative estimate of drug-likeness (QED) is 0.296. The minimum Gasteiger partial charge on any atom is -0.493 e. The molecule has 2 aromatic heterocycles. The van der Waals surface area contributed by atoms with Crippen molar-refractivity contribution in [1.82, 2.24) is 9.97 Å². The third kappa shape index (κ3) is 6.43. The minimum atomic E-state index is -1.10. The molecule has 180 valence electrons. The number of nitrogens with one attached hydrogen (secondary N) is 1. The second kappa shape index (κ2) is 11.1. The topological polar surface area (TPSA) is 111 Å². The molecule has 4 aromatic rings. The van der Waals surface area contributed by atoms with E-state index in [1.807, 2.05) is 43.6 Å². The molecule has 1 amide bonds. The molecule has 35 heavy (non-hydrogen) atoms. The Morgan fingerprint density at radius 3 is 2.51 bits per heavy atom. The molecule has 8 nitrogen and oxygen atoms in total. The van der Waals surface area contributed by atoms with Crippen LogP contribution in [0.4, 0.5) is 5.13 Å². The molecule has 4 rings (SSSR count). The summed E-state index contributed by atoms with van der Waals surface area (Å²) in [5, 5.41) is 11.9. The van der Waals surface area contributed by atoms with Crippen molar-refractivity contribution < 1.29 is 24.2 Å². The molecule has 0 aliphatic rings. The number of nitrogens with zero attached hydrogens (tertiary/aromatic N) is 2. The van der Waals surface area contributed by atoms with Gasteiger partial charge in [-0.05, 0) is 37.1 Å². The Balaban J connectivity index is 1.52. The number of hydrogen-bond donors (Lipinski definition) is 2. The van der Waals surface area contributed by atoms with Crippen molar-refractivity contribution in [3.63, 3.8) is 0 Å². The van der Waals surface area contributed by atoms with Gasteiger partial charge < -0.3 is 14.6 Å². The molecule has 0 radical (unpaired) electrons. The van der Waals surface area contributed by atoms with Crippen molar-refractivity contribution >= 4 is 39.7 Å². The average molecular weight is 510 g/mol. The largest absolute Gasteiger partial charge is 0.493 e. The summed E-state index contributed by atoms with van der Waals surface area (Å²) in [5.41, 5.74) is 5.24. The van der Waals surface area contributed by atoms with Gasteiger partial charge in [0.15, 0.2) is 5.13 Å². The number of carbonyl (C=O) groups excluding carboxylic acids is 1. The van der Waals surface area contributed by atoms with E-state index in [1.54, 1.807) is 29.5 Å². The number of hydrogen-bond acceptors (Lipinski definition) is 8. The van der Waals surface area contributed by atoms with E-state index in [-0.39, 0.29) is 10.0 Å². The predicted molar refractivity (Wildman–Crippen MR) is 135 cm³/mol. The third-order valence-corrected chi connectivity index (χ3v) is 7.07. The van der Waals surface area contributed by atoms with Gasteiger partial charge in [-0.15, -0.1) is 11.3 Å². The number of benzene rings is 2. The zero-order valence-electron chi connectivity index (χ0n) is 19.1. The van der Waals surface area contributed by atoms with Crippen LogP contribution in [0.2, 0.25) is 0 Å². The van der Waals surface area contributed by atoms with Crippen LogP contribution in [0.25, 0.3) is 0 Å². The molecule has 0 unspecified atom stereocenters. The van der Waals surface area contributed by atoms with E-state index in [2.05, 4.69) is 15.3 Å². The Labute approximate surface area is 210 Å². The minimum absolute atomic E-state index is 0.0398. The Morgan fingerprint density at radius 2 is 1.83 bits per heavy atom. The van der Waals surface area contributed by atoms with Crippen molar-refractivity contribution in [3.8, 4) is 11.5 Å². The van der Waals surface area contributed by atoms with Crippen molar-refractivity contribution in [2.75, 3.05) is 11.9 Å². The summed E-state index contributed by atoms with van der Waals surface area (Å²) in [6.07, 6.45) is 1.91. The standard InChI is InChI=1S/C25H23N3O5S2/c1-15-5-3-4-6-17(15)13-33-20-10-18(23(29)28-25-26-12-22(35-25)24(30)31)9-19(11-20)32-8-7-21-16(2)27-14-34-21/h3-6,9-12,14H,7-8,13H2,1-2H3,(H,30,31)(H,26,28,29). The summed E-state index contributed by atoms with van der Waals surface area (Å²) in [4.78, 5) is 33.4. The van der Waals surface area contributed by atoms with Crippen molar-refractivity contribution in [2.45, 2.75) is 26.9 Å². The van der Waals surface area contributed by atoms with Gasteiger partial charge in [-0.2, -0.15) is 0 Å². The summed E-state index contributed by atoms with van der Waals surface area (Å²) in [6, 6.07) is 12.9. The number of aromatic carboxylic acids is 1. The number of ether oxygens (including phenoxy) is 2. The van der Waals surface area contributed by atoms with Gasteiger partial charge in [0.2, 0.25) is 0 Å². The first-order valence-corrected chi connectivity index (χ1v) is 12.4. The number of rotatable bonds is 10. The van der Waals surface area contributed by atoms with Crippen molar-refractivity contribution in [2.24, 2.45) is 0 Å². The predicted octanol–water partition coefficient (Wildman–Crippen LogP) is 5.37. The Morgan fingerprint density at radius 1 is 1.06 bits per heavy atom. The molecular weight excluding hydrogens is 486 g/mol. The number of carbonyl (C=O) groups is 2. The van der Waals surface area contributed by atoms with Gasteiger partial charge in [-0.1, -0.05) is 35.6 Å². The number of aryl methyl sites for hydroxylation is 2. The van der Waals surface area contributed by atoms with E-state index < -0.39 is 11.9 Å². The van der Waals surface area contributed by atoms with Crippen LogP contribution in [0.1, 0.15) is 41.7 Å². The van der Waals surface area contributed by atoms with Crippen LogP contribution in [0.5, 0.6) is 11.5 Å². The molecular formula is C25H23N3O5S2. The fraction of sp³-hybridized carbons (Fsp3) is 0.200. The molecule has 2 N–H and O–H groups in total. The molecule has 0 atom stereocenters. The first-order valence-electron chi connectivity index (χ1n) is 10.7. The van der Waals surface area contributed by atoms with Crippen LogP contribution >= 0.6 is 22.7 Å². The molecule has 2 aromatic carbocycles. The summed E-state index contributed by atoms with van der Waals surface area (Å²) in [7, 11) is 0. The van der Waals surface area contributed by atoms with Gasteiger partial charge in [0.05, 0.1) is 24.0 Å². The van der Waals surface area contributed by atoms with E-state index in [9.17, 15) is 9.59 Å². The summed E-state index contributed by atoms with van der Waals surface area (Å²) in [6.45, 7) is 4.73. The number of aromatic nitrogens is 2. The first kappa shape index (κ1) is 24.4. The zero-order chi connectivity index (χ0) is 24.8. The molecule has 0 bridgehead atoms. The van der Waals surface area contributed by atoms with Gasteiger partial charge in [0, 0.05) is 22.9 Å². The van der Waals surface area contributed by atoms with Gasteiger partial charge in [-0.25, -0.2) is 14.8 Å². The van der Waals surface area contributed by atoms with Crippen molar-refractivity contribution in [3.05, 3.63) is 86.3 Å². The summed E-state index contributed by atoms with van der Waals surface area (Å²) in [5.74, 6) is -0.567. The molecule has 0 aliphatic carbocycles. The van der Waals surface area contributed by atoms with E-state index in [0.29, 0.717) is 36.7 Å². The van der Waals surface area contributed by atoms with Crippen LogP contribution in [0.15, 0.2) is 54.2 Å². The van der Waals surface area contributed by atoms with E-state index >= 15 is 0 Å². The second-order valence-corrected chi connectivity index (χ2v) is 9.63. The SMILES string of the molecule is Cc1ccccc1COc1cc(OCCc2scnc2C)cc(C(=O)Nc2ncc(C(=O)O)s2)c1. The Bertz CT molecular complexity index is 1350. The van der Waals surface area contributed by atoms with E-state index in [0.717, 1.165) is 33.0 Å². The smallest absolute Gasteiger partial charge is 0.347 e. The lowest BCUT2D eigenvalue weighted by Gasteiger charge is -2.13. The molecule has 0 spiro atoms. The fourth-order valence-electron chi connectivity index (χ4n) is 3.23. The van der Waals surface area contributed by atoms with Crippen LogP contribution in [0, 0.1) is 13.8 Å². The first-order chi connectivity index (χ1) is 16.9. The lowest BCUT2D eigenvalue weighted by Crippen LogP contribution is -2.12. The Hall–Kier alpha value is -3.76. The molecule has 0 aliphatic heterocycles. The zero-order valence-corrected chi connectivity index (χ0v) is 20.7. The van der Waals surface area contributed by atoms with Crippen LogP contribution in [-0.2, 0) is 13.0 Å². The highest BCUT2D eigenvalue weighted by atomic mass is 32.1. The van der Waals surface area contributed by atoms with E-state index in [4.69, 9.17) is 14.6 Å². The Kier molecular flexibility index (Phi) is 7.74. The molecule has 2 heterocycles. The van der Waals surface area contributed by atoms with Crippen molar-refractivity contribution in [1.29, 1.82) is 0 Å². The molecule has 10 heteroatoms. The third-order valence-electron chi connectivity index (χ3n) is 5.18. The number of thiazole rings is 2. The maximum Gasteiger partial charge on any atom is 0.347 e. The van der Waals surface area contributed by atoms with Crippen LogP contribution in [0.3, 0.4) is 0 Å². The summed E-state index contributed by atoms with van der Waals surface area (Å²) >= 11 is 2.47. The van der Waals surface area contributed by atoms with Gasteiger partial charge in [0.25, 0.3) is 5.91 Å². The van der Waals surface area contributed by atoms with Gasteiger partial charge in [0.1, 0.15) is 23.0 Å². The highest BCUT2D eigenvalue weighted by molar-refractivity contribution is 7.17. The lowest BCUT2D eigenvalue weighted by molar-refractivity contribution is 0.0701. The number of carboxylic acids is 1. The average Bonchev–Trinajstić information content (AvgIpc) is 3.47. The van der Waals surface area contributed by atoms with Crippen LogP contribution < -0.4 is 14.8 Å². The number of carboxylic acid groups (broad SMARTS) is 1. The van der Waals surface area contributed by atoms with Gasteiger partial charge >= 0.3 is 5.97 Å². The van der Waals surface area contributed by atoms with Crippen LogP contribution in [-0.4, -0.2) is 33.6 Å². The molecule has 0 saturated carbocycles. The second-order valence-electron chi connectivity index (χ2n) is 7.66. The fourth-order valence-corrected chi connectivity index (χ4v) is 4.64. The highest BCUT2D eigenvalue weighted by Crippen LogP contribution is 2.26. The lowest BCUT2D eigenvalue weighted by atomic mass is 10.1. The molecule has 0 saturated heterocycles. The maximum absolute atomic E-state index is 12.9. The summed E-state index contributed by atoms with van der Waals surface area (Å²) < 4.78 is 12.0. The number of amides is 1. The van der Waals surface area contributed by atoms with Gasteiger partial charge in [-0.3, -0.25) is 10.1 Å². The highest BCUT2D eigenvalue weighted by Gasteiger charge is 2.15.